The summed E-state index contributed by atoms with van der Waals surface area (Å²) < 4.78 is 0. The van der Waals surface area contributed by atoms with Gasteiger partial charge in [-0.2, -0.15) is 0 Å². The number of aliphatic hydroxyl groups is 1. The largest absolute Gasteiger partial charge is 0.391 e. The number of likely N-dealkylation sites (tertiary alicyclic amines) is 1. The highest BCUT2D eigenvalue weighted by Crippen LogP contribution is 2.25. The molecule has 0 aromatic rings. The second-order valence-corrected chi connectivity index (χ2v) is 4.85. The van der Waals surface area contributed by atoms with Gasteiger partial charge in [0.05, 0.1) is 12.1 Å². The number of nitrogens with zero attached hydrogens (tertiary/aromatic N) is 1. The number of carbonyl (C=O) groups is 1. The molecular weight excluding hydrogens is 166 g/mol. The van der Waals surface area contributed by atoms with E-state index in [9.17, 15) is 9.90 Å². The summed E-state index contributed by atoms with van der Waals surface area (Å²) in [6, 6.07) is -0.0216. The van der Waals surface area contributed by atoms with Gasteiger partial charge in [0.25, 0.3) is 0 Å². The van der Waals surface area contributed by atoms with E-state index < -0.39 is 0 Å². The topological polar surface area (TPSA) is 40.5 Å². The number of rotatable bonds is 0. The molecule has 0 spiro atoms. The minimum Gasteiger partial charge on any atom is -0.391 e. The lowest BCUT2D eigenvalue weighted by Crippen LogP contribution is -2.43. The first-order valence-electron chi connectivity index (χ1n) is 4.83. The van der Waals surface area contributed by atoms with E-state index in [4.69, 9.17) is 0 Å². The van der Waals surface area contributed by atoms with Gasteiger partial charge < -0.3 is 10.0 Å². The Kier molecular flexibility index (Phi) is 2.66. The van der Waals surface area contributed by atoms with Gasteiger partial charge in [0.1, 0.15) is 0 Å². The molecule has 1 aliphatic rings. The normalized spacial score (nSPS) is 29.5. The van der Waals surface area contributed by atoms with Crippen LogP contribution in [0.15, 0.2) is 0 Å². The van der Waals surface area contributed by atoms with E-state index in [1.54, 1.807) is 4.90 Å². The van der Waals surface area contributed by atoms with E-state index >= 15 is 0 Å². The van der Waals surface area contributed by atoms with Gasteiger partial charge >= 0.3 is 0 Å². The van der Waals surface area contributed by atoms with E-state index in [1.165, 1.54) is 0 Å². The molecule has 1 aliphatic heterocycles. The zero-order valence-corrected chi connectivity index (χ0v) is 8.87. The minimum atomic E-state index is -0.341. The summed E-state index contributed by atoms with van der Waals surface area (Å²) in [5, 5.41) is 9.49. The fraction of sp³-hybridized carbons (Fsp3) is 0.900. The highest BCUT2D eigenvalue weighted by atomic mass is 16.3. The third-order valence-corrected chi connectivity index (χ3v) is 2.62. The molecule has 3 heteroatoms. The van der Waals surface area contributed by atoms with Gasteiger partial charge in [-0.3, -0.25) is 4.79 Å². The molecule has 0 bridgehead atoms. The van der Waals surface area contributed by atoms with Crippen molar-refractivity contribution in [2.45, 2.75) is 46.3 Å². The van der Waals surface area contributed by atoms with Gasteiger partial charge in [-0.25, -0.2) is 0 Å². The second-order valence-electron chi connectivity index (χ2n) is 4.85. The van der Waals surface area contributed by atoms with Crippen LogP contribution in [0.2, 0.25) is 0 Å². The summed E-state index contributed by atoms with van der Waals surface area (Å²) >= 11 is 0. The maximum Gasteiger partial charge on any atom is 0.228 e. The third kappa shape index (κ3) is 2.02. The molecule has 0 aromatic heterocycles. The molecule has 2 atom stereocenters. The van der Waals surface area contributed by atoms with Crippen LogP contribution in [-0.4, -0.2) is 34.6 Å². The maximum atomic E-state index is 11.8. The number of hydrogen-bond acceptors (Lipinski definition) is 2. The summed E-state index contributed by atoms with van der Waals surface area (Å²) in [5.41, 5.74) is -0.335. The van der Waals surface area contributed by atoms with E-state index in [2.05, 4.69) is 0 Å². The number of amides is 1. The Morgan fingerprint density at radius 2 is 2.00 bits per heavy atom. The van der Waals surface area contributed by atoms with Crippen molar-refractivity contribution in [2.75, 3.05) is 6.54 Å². The first-order chi connectivity index (χ1) is 5.84. The maximum absolute atomic E-state index is 11.8. The Bertz CT molecular complexity index is 207. The average Bonchev–Trinajstić information content (AvgIpc) is 2.30. The summed E-state index contributed by atoms with van der Waals surface area (Å²) in [5.74, 6) is 0.136. The fourth-order valence-corrected chi connectivity index (χ4v) is 1.64. The van der Waals surface area contributed by atoms with Crippen LogP contribution in [-0.2, 0) is 4.79 Å². The Morgan fingerprint density at radius 1 is 1.46 bits per heavy atom. The van der Waals surface area contributed by atoms with Crippen molar-refractivity contribution >= 4 is 5.91 Å². The van der Waals surface area contributed by atoms with Crippen LogP contribution >= 0.6 is 0 Å². The van der Waals surface area contributed by atoms with Gasteiger partial charge in [-0.15, -0.1) is 0 Å². The van der Waals surface area contributed by atoms with E-state index in [0.29, 0.717) is 13.0 Å². The quantitative estimate of drug-likeness (QED) is 0.612. The molecule has 1 N–H and O–H groups in total. The Hall–Kier alpha value is -0.570. The molecule has 76 valence electrons. The summed E-state index contributed by atoms with van der Waals surface area (Å²) in [7, 11) is 0. The average molecular weight is 185 g/mol. The van der Waals surface area contributed by atoms with Crippen molar-refractivity contribution in [1.82, 2.24) is 4.90 Å². The minimum absolute atomic E-state index is 0.0216. The molecule has 1 amide bonds. The third-order valence-electron chi connectivity index (χ3n) is 2.62. The van der Waals surface area contributed by atoms with E-state index in [0.717, 1.165) is 0 Å². The summed E-state index contributed by atoms with van der Waals surface area (Å²) in [4.78, 5) is 13.6. The van der Waals surface area contributed by atoms with Crippen LogP contribution in [0.5, 0.6) is 0 Å². The molecule has 0 aromatic carbocycles. The van der Waals surface area contributed by atoms with Crippen LogP contribution in [0.1, 0.15) is 34.1 Å². The molecule has 2 unspecified atom stereocenters. The van der Waals surface area contributed by atoms with Crippen LogP contribution in [0.4, 0.5) is 0 Å². The predicted molar refractivity (Wildman–Crippen MR) is 51.3 cm³/mol. The smallest absolute Gasteiger partial charge is 0.228 e. The lowest BCUT2D eigenvalue weighted by molar-refractivity contribution is -0.140. The van der Waals surface area contributed by atoms with Gasteiger partial charge in [0.15, 0.2) is 0 Å². The lowest BCUT2D eigenvalue weighted by atomic mass is 9.94. The molecule has 13 heavy (non-hydrogen) atoms. The lowest BCUT2D eigenvalue weighted by Gasteiger charge is -2.29. The first-order valence-corrected chi connectivity index (χ1v) is 4.83. The van der Waals surface area contributed by atoms with E-state index in [1.807, 2.05) is 27.7 Å². The highest BCUT2D eigenvalue weighted by molar-refractivity contribution is 5.82. The van der Waals surface area contributed by atoms with E-state index in [-0.39, 0.29) is 23.5 Å². The molecule has 0 radical (unpaired) electrons. The van der Waals surface area contributed by atoms with Gasteiger partial charge in [0.2, 0.25) is 5.91 Å². The van der Waals surface area contributed by atoms with Gasteiger partial charge in [-0.1, -0.05) is 20.8 Å². The monoisotopic (exact) mass is 185 g/mol. The van der Waals surface area contributed by atoms with Crippen molar-refractivity contribution in [3.8, 4) is 0 Å². The number of carbonyl (C=O) groups excluding carboxylic acids is 1. The highest BCUT2D eigenvalue weighted by Gasteiger charge is 2.37. The SMILES string of the molecule is CC1C(O)CCN1C(=O)C(C)(C)C. The van der Waals surface area contributed by atoms with Gasteiger partial charge in [0, 0.05) is 12.0 Å². The molecule has 1 saturated heterocycles. The van der Waals surface area contributed by atoms with Crippen LogP contribution < -0.4 is 0 Å². The van der Waals surface area contributed by atoms with Crippen LogP contribution in [0.3, 0.4) is 0 Å². The standard InChI is InChI=1S/C10H19NO2/c1-7-8(12)5-6-11(7)9(13)10(2,3)4/h7-8,12H,5-6H2,1-4H3. The zero-order chi connectivity index (χ0) is 10.2. The summed E-state index contributed by atoms with van der Waals surface area (Å²) in [6.45, 7) is 8.33. The van der Waals surface area contributed by atoms with Gasteiger partial charge in [-0.05, 0) is 13.3 Å². The molecule has 1 heterocycles. The van der Waals surface area contributed by atoms with Crippen molar-refractivity contribution in [2.24, 2.45) is 5.41 Å². The van der Waals surface area contributed by atoms with Crippen molar-refractivity contribution in [3.63, 3.8) is 0 Å². The predicted octanol–water partition coefficient (Wildman–Crippen LogP) is 1.01. The van der Waals surface area contributed by atoms with Crippen molar-refractivity contribution in [1.29, 1.82) is 0 Å². The number of aliphatic hydroxyl groups excluding tert-OH is 1. The molecule has 1 fully saturated rings. The molecular formula is C10H19NO2. The second kappa shape index (κ2) is 3.29. The first kappa shape index (κ1) is 10.5. The molecule has 3 nitrogen and oxygen atoms in total. The molecule has 1 rings (SSSR count). The van der Waals surface area contributed by atoms with Crippen LogP contribution in [0, 0.1) is 5.41 Å². The Morgan fingerprint density at radius 3 is 2.31 bits per heavy atom. The van der Waals surface area contributed by atoms with Crippen molar-refractivity contribution in [3.05, 3.63) is 0 Å². The zero-order valence-electron chi connectivity index (χ0n) is 8.87. The number of hydrogen-bond donors (Lipinski definition) is 1. The van der Waals surface area contributed by atoms with Crippen LogP contribution in [0.25, 0.3) is 0 Å². The Balaban J connectivity index is 2.69. The molecule has 0 aliphatic carbocycles. The fourth-order valence-electron chi connectivity index (χ4n) is 1.64. The van der Waals surface area contributed by atoms with Crippen molar-refractivity contribution < 1.29 is 9.90 Å². The Labute approximate surface area is 79.7 Å². The molecule has 0 saturated carbocycles. The summed E-state index contributed by atoms with van der Waals surface area (Å²) in [6.07, 6.45) is 0.370.